The Bertz CT molecular complexity index is 4710. The zero-order valence-corrected chi connectivity index (χ0v) is 42.7. The van der Waals surface area contributed by atoms with E-state index in [0.717, 1.165) is 56.6 Å². The normalized spacial score (nSPS) is 11.6. The summed E-state index contributed by atoms with van der Waals surface area (Å²) in [5, 5.41) is 9.76. The number of fused-ring (bicyclic) bond motifs is 8. The van der Waals surface area contributed by atoms with Crippen molar-refractivity contribution in [2.45, 2.75) is 0 Å². The van der Waals surface area contributed by atoms with Crippen molar-refractivity contribution in [3.8, 4) is 33.6 Å². The Morgan fingerprint density at radius 3 is 1.04 bits per heavy atom. The zero-order valence-electron chi connectivity index (χ0n) is 42.7. The predicted molar refractivity (Wildman–Crippen MR) is 330 cm³/mol. The lowest BCUT2D eigenvalue weighted by Gasteiger charge is -2.26. The standard InChI is InChI=1S/C74H50N4/c1-3-19-59(20-4-1)77-72-26-14-12-24-68(72)70-49-65(44-46-73(70)77)75(63-41-35-51-15-7-9-17-57(51)47-63)61-37-31-55(32-38-61)53-27-29-54(30-28-53)56-33-39-62(40-34-56)76(64-42-36-52-16-8-10-18-58(52)48-64)66-43-45-69-67-23-11-13-25-71(67)78(74(69)50-66)60-21-5-2-6-22-60/h1-50H. The monoisotopic (exact) mass is 994 g/mol. The average molecular weight is 995 g/mol. The van der Waals surface area contributed by atoms with Crippen LogP contribution in [0.1, 0.15) is 0 Å². The molecule has 0 aliphatic heterocycles. The average Bonchev–Trinajstić information content (AvgIpc) is 4.15. The molecule has 0 N–H and O–H groups in total. The largest absolute Gasteiger partial charge is 0.310 e. The van der Waals surface area contributed by atoms with E-state index < -0.39 is 0 Å². The van der Waals surface area contributed by atoms with Crippen molar-refractivity contribution in [3.05, 3.63) is 303 Å². The van der Waals surface area contributed by atoms with Crippen LogP contribution in [0.25, 0.3) is 98.8 Å². The highest BCUT2D eigenvalue weighted by Crippen LogP contribution is 2.44. The van der Waals surface area contributed by atoms with Crippen molar-refractivity contribution in [1.29, 1.82) is 0 Å². The summed E-state index contributed by atoms with van der Waals surface area (Å²) in [6.07, 6.45) is 0. The van der Waals surface area contributed by atoms with Crippen molar-refractivity contribution in [2.75, 3.05) is 9.80 Å². The fourth-order valence-corrected chi connectivity index (χ4v) is 11.9. The van der Waals surface area contributed by atoms with Gasteiger partial charge in [0.25, 0.3) is 0 Å². The van der Waals surface area contributed by atoms with Crippen molar-refractivity contribution < 1.29 is 0 Å². The number of rotatable bonds is 10. The molecule has 0 unspecified atom stereocenters. The van der Waals surface area contributed by atoms with Crippen LogP contribution >= 0.6 is 0 Å². The maximum absolute atomic E-state index is 2.39. The molecule has 0 spiro atoms. The summed E-state index contributed by atoms with van der Waals surface area (Å²) >= 11 is 0. The summed E-state index contributed by atoms with van der Waals surface area (Å²) in [5.74, 6) is 0. The van der Waals surface area contributed by atoms with Gasteiger partial charge in [-0.25, -0.2) is 0 Å². The van der Waals surface area contributed by atoms with Gasteiger partial charge in [0, 0.05) is 67.0 Å². The highest BCUT2D eigenvalue weighted by molar-refractivity contribution is 6.12. The Hall–Kier alpha value is -10.4. The van der Waals surface area contributed by atoms with Gasteiger partial charge in [0.1, 0.15) is 0 Å². The molecular weight excluding hydrogens is 945 g/mol. The summed E-state index contributed by atoms with van der Waals surface area (Å²) in [7, 11) is 0. The third-order valence-corrected chi connectivity index (χ3v) is 15.6. The van der Waals surface area contributed by atoms with E-state index in [9.17, 15) is 0 Å². The third-order valence-electron chi connectivity index (χ3n) is 15.6. The van der Waals surface area contributed by atoms with Crippen molar-refractivity contribution in [3.63, 3.8) is 0 Å². The van der Waals surface area contributed by atoms with Gasteiger partial charge in [-0.05, 0) is 159 Å². The first-order valence-corrected chi connectivity index (χ1v) is 26.7. The van der Waals surface area contributed by atoms with Gasteiger partial charge >= 0.3 is 0 Å². The molecule has 2 aromatic heterocycles. The van der Waals surface area contributed by atoms with E-state index in [1.54, 1.807) is 0 Å². The molecule has 0 aliphatic carbocycles. The summed E-state index contributed by atoms with van der Waals surface area (Å²) < 4.78 is 4.77. The van der Waals surface area contributed by atoms with Gasteiger partial charge in [0.2, 0.25) is 0 Å². The molecule has 0 bridgehead atoms. The highest BCUT2D eigenvalue weighted by atomic mass is 15.2. The van der Waals surface area contributed by atoms with E-state index in [-0.39, 0.29) is 0 Å². The number of benzene rings is 13. The van der Waals surface area contributed by atoms with Gasteiger partial charge in [-0.2, -0.15) is 0 Å². The molecule has 366 valence electrons. The fourth-order valence-electron chi connectivity index (χ4n) is 11.9. The molecule has 0 amide bonds. The van der Waals surface area contributed by atoms with E-state index in [1.807, 2.05) is 0 Å². The fraction of sp³-hybridized carbons (Fsp3) is 0. The molecule has 4 nitrogen and oxygen atoms in total. The summed E-state index contributed by atoms with van der Waals surface area (Å²) in [6.45, 7) is 0. The maximum atomic E-state index is 2.39. The summed E-state index contributed by atoms with van der Waals surface area (Å²) in [6, 6.07) is 110. The summed E-state index contributed by atoms with van der Waals surface area (Å²) in [4.78, 5) is 4.78. The third kappa shape index (κ3) is 7.77. The first-order valence-electron chi connectivity index (χ1n) is 26.7. The minimum atomic E-state index is 1.09. The van der Waals surface area contributed by atoms with Crippen LogP contribution in [-0.2, 0) is 0 Å². The molecule has 0 atom stereocenters. The number of hydrogen-bond donors (Lipinski definition) is 0. The molecular formula is C74H50N4. The van der Waals surface area contributed by atoms with Crippen LogP contribution in [0.3, 0.4) is 0 Å². The Balaban J connectivity index is 0.762. The van der Waals surface area contributed by atoms with Gasteiger partial charge < -0.3 is 18.9 Å². The molecule has 2 heterocycles. The smallest absolute Gasteiger partial charge is 0.0561 e. The van der Waals surface area contributed by atoms with Gasteiger partial charge in [-0.15, -0.1) is 0 Å². The Kier molecular flexibility index (Phi) is 10.8. The van der Waals surface area contributed by atoms with E-state index in [1.165, 1.54) is 76.3 Å². The van der Waals surface area contributed by atoms with E-state index in [2.05, 4.69) is 322 Å². The molecule has 78 heavy (non-hydrogen) atoms. The quantitative estimate of drug-likeness (QED) is 0.136. The van der Waals surface area contributed by atoms with Crippen molar-refractivity contribution in [2.24, 2.45) is 0 Å². The number of hydrogen-bond acceptors (Lipinski definition) is 2. The van der Waals surface area contributed by atoms with Crippen LogP contribution in [0.15, 0.2) is 303 Å². The van der Waals surface area contributed by atoms with Crippen LogP contribution in [0.2, 0.25) is 0 Å². The Morgan fingerprint density at radius 1 is 0.192 bits per heavy atom. The second kappa shape index (κ2) is 18.7. The van der Waals surface area contributed by atoms with Crippen LogP contribution in [0.4, 0.5) is 34.1 Å². The van der Waals surface area contributed by atoms with Crippen molar-refractivity contribution >= 4 is 99.3 Å². The number of aromatic nitrogens is 2. The van der Waals surface area contributed by atoms with Crippen LogP contribution in [-0.4, -0.2) is 9.13 Å². The lowest BCUT2D eigenvalue weighted by atomic mass is 9.99. The van der Waals surface area contributed by atoms with Crippen molar-refractivity contribution in [1.82, 2.24) is 9.13 Å². The molecule has 0 saturated carbocycles. The lowest BCUT2D eigenvalue weighted by Crippen LogP contribution is -2.10. The number of para-hydroxylation sites is 4. The maximum Gasteiger partial charge on any atom is 0.0561 e. The van der Waals surface area contributed by atoms with E-state index in [4.69, 9.17) is 0 Å². The number of nitrogens with zero attached hydrogens (tertiary/aromatic N) is 4. The highest BCUT2D eigenvalue weighted by Gasteiger charge is 2.20. The molecule has 0 fully saturated rings. The first-order chi connectivity index (χ1) is 38.7. The SMILES string of the molecule is c1ccc(-n2c3ccccc3c3cc(N(c4ccc(-c5ccc(-c6ccc(N(c7ccc8ccccc8c7)c7ccc8c9ccccc9n(-c9ccccc9)c8c7)cc6)cc5)cc4)c4ccc5ccccc5c4)ccc32)cc1. The Labute approximate surface area is 452 Å². The topological polar surface area (TPSA) is 16.3 Å². The molecule has 0 aliphatic rings. The predicted octanol–water partition coefficient (Wildman–Crippen LogP) is 20.5. The lowest BCUT2D eigenvalue weighted by molar-refractivity contribution is 1.18. The van der Waals surface area contributed by atoms with Gasteiger partial charge in [0.15, 0.2) is 0 Å². The Morgan fingerprint density at radius 2 is 0.526 bits per heavy atom. The molecule has 0 radical (unpaired) electrons. The van der Waals surface area contributed by atoms with Gasteiger partial charge in [-0.3, -0.25) is 0 Å². The second-order valence-electron chi connectivity index (χ2n) is 20.2. The van der Waals surface area contributed by atoms with E-state index in [0.29, 0.717) is 0 Å². The minimum Gasteiger partial charge on any atom is -0.310 e. The zero-order chi connectivity index (χ0) is 51.5. The molecule has 15 aromatic rings. The molecule has 15 rings (SSSR count). The van der Waals surface area contributed by atoms with Gasteiger partial charge in [-0.1, -0.05) is 188 Å². The summed E-state index contributed by atoms with van der Waals surface area (Å²) in [5.41, 5.74) is 18.3. The van der Waals surface area contributed by atoms with Crippen LogP contribution < -0.4 is 9.80 Å². The first kappa shape index (κ1) is 45.0. The van der Waals surface area contributed by atoms with Crippen LogP contribution in [0.5, 0.6) is 0 Å². The molecule has 4 heteroatoms. The van der Waals surface area contributed by atoms with Crippen LogP contribution in [0, 0.1) is 0 Å². The molecule has 0 saturated heterocycles. The van der Waals surface area contributed by atoms with E-state index >= 15 is 0 Å². The second-order valence-corrected chi connectivity index (χ2v) is 20.2. The minimum absolute atomic E-state index is 1.09. The van der Waals surface area contributed by atoms with Gasteiger partial charge in [0.05, 0.1) is 22.1 Å². The number of anilines is 6. The molecule has 13 aromatic carbocycles.